The minimum atomic E-state index is 0. The summed E-state index contributed by atoms with van der Waals surface area (Å²) in [6.45, 7) is 0. The molecule has 0 atom stereocenters. The summed E-state index contributed by atoms with van der Waals surface area (Å²) in [7, 11) is 0. The Morgan fingerprint density at radius 3 is 0.429 bits per heavy atom. The smallest absolute Gasteiger partial charge is 0 e. The summed E-state index contributed by atoms with van der Waals surface area (Å²) >= 11 is 0. The summed E-state index contributed by atoms with van der Waals surface area (Å²) in [5.41, 5.74) is 0. The molecule has 34 valence electrons. The Morgan fingerprint density at radius 2 is 0.429 bits per heavy atom. The monoisotopic (exact) mass is 830 g/mol. The predicted molar refractivity (Wildman–Crippen MR) is 18.2 cm³/mol. The molecule has 0 heterocycles. The van der Waals surface area contributed by atoms with Gasteiger partial charge in [0.25, 0.3) is 0 Å². The van der Waals surface area contributed by atoms with Gasteiger partial charge in [0.05, 0.1) is 0 Å². The molecular weight excluding hydrogens is 826 g/mol. The van der Waals surface area contributed by atoms with Crippen molar-refractivity contribution >= 4 is 103 Å². The largest absolute Gasteiger partial charge is 0.0776 e. The molecule has 0 fully saturated rings. The SMILES string of the molecule is C.[K].[K].[W].[W].[W].[W]. The zero-order chi connectivity index (χ0) is 0. The molecule has 0 bridgehead atoms. The first-order chi connectivity index (χ1) is 0. The molecule has 0 unspecified atom stereocenters. The van der Waals surface area contributed by atoms with Gasteiger partial charge >= 0.3 is 0 Å². The van der Waals surface area contributed by atoms with Gasteiger partial charge in [-0.15, -0.1) is 0 Å². The van der Waals surface area contributed by atoms with Crippen molar-refractivity contribution in [3.8, 4) is 0 Å². The first-order valence-electron chi connectivity index (χ1n) is 0. The van der Waals surface area contributed by atoms with Gasteiger partial charge in [-0.25, -0.2) is 0 Å². The van der Waals surface area contributed by atoms with Gasteiger partial charge in [0.2, 0.25) is 0 Å². The Hall–Kier alpha value is 6.03. The first-order valence-corrected chi connectivity index (χ1v) is 0. The van der Waals surface area contributed by atoms with Gasteiger partial charge in [-0.2, -0.15) is 0 Å². The molecule has 0 aromatic heterocycles. The van der Waals surface area contributed by atoms with Crippen LogP contribution in [0.3, 0.4) is 0 Å². The van der Waals surface area contributed by atoms with Gasteiger partial charge in [-0.1, -0.05) is 7.43 Å². The van der Waals surface area contributed by atoms with Crippen molar-refractivity contribution in [2.45, 2.75) is 7.43 Å². The van der Waals surface area contributed by atoms with E-state index in [0.717, 1.165) is 0 Å². The van der Waals surface area contributed by atoms with E-state index in [4.69, 9.17) is 0 Å². The zero-order valence-corrected chi connectivity index (χ0v) is 21.6. The standard InChI is InChI=1S/CH4.2K.4W/h1H4;;;;;;. The number of hydrogen-bond donors (Lipinski definition) is 0. The van der Waals surface area contributed by atoms with Gasteiger partial charge in [0, 0.05) is 187 Å². The molecule has 0 aliphatic carbocycles. The molecule has 7 heavy (non-hydrogen) atoms. The Labute approximate surface area is 188 Å². The third kappa shape index (κ3) is 33.3. The predicted octanol–water partition coefficient (Wildman–Crippen LogP) is -0.135. The zero-order valence-electron chi connectivity index (χ0n) is 3.63. The third-order valence-electron chi connectivity index (χ3n) is 0. The Balaban J connectivity index is 0. The molecule has 0 spiro atoms. The molecule has 0 N–H and O–H groups in total. The molecule has 6 heteroatoms. The quantitative estimate of drug-likeness (QED) is 0.299. The van der Waals surface area contributed by atoms with E-state index in [9.17, 15) is 0 Å². The van der Waals surface area contributed by atoms with Crippen LogP contribution in [0.1, 0.15) is 7.43 Å². The molecule has 0 saturated heterocycles. The molecule has 0 amide bonds. The van der Waals surface area contributed by atoms with E-state index in [2.05, 4.69) is 0 Å². The molecular formula is CH4K2W4. The van der Waals surface area contributed by atoms with Crippen LogP contribution in [0.5, 0.6) is 0 Å². The van der Waals surface area contributed by atoms with Crippen molar-refractivity contribution in [3.05, 3.63) is 0 Å². The average molecular weight is 830 g/mol. The maximum atomic E-state index is 0. The second-order valence-electron chi connectivity index (χ2n) is 0. The van der Waals surface area contributed by atoms with Gasteiger partial charge in [-0.3, -0.25) is 0 Å². The van der Waals surface area contributed by atoms with Crippen molar-refractivity contribution in [2.75, 3.05) is 0 Å². The van der Waals surface area contributed by atoms with Crippen LogP contribution < -0.4 is 0 Å². The fraction of sp³-hybridized carbons (Fsp3) is 1.00. The van der Waals surface area contributed by atoms with E-state index < -0.39 is 0 Å². The summed E-state index contributed by atoms with van der Waals surface area (Å²) in [4.78, 5) is 0. The minimum Gasteiger partial charge on any atom is -0.0776 e. The molecule has 2 radical (unpaired) electrons. The number of rotatable bonds is 0. The van der Waals surface area contributed by atoms with Gasteiger partial charge in [0.1, 0.15) is 0 Å². The normalized spacial score (nSPS) is 0. The van der Waals surface area contributed by atoms with Crippen molar-refractivity contribution in [1.82, 2.24) is 0 Å². The Morgan fingerprint density at radius 1 is 0.429 bits per heavy atom. The minimum absolute atomic E-state index is 0. The van der Waals surface area contributed by atoms with Crippen molar-refractivity contribution in [2.24, 2.45) is 0 Å². The van der Waals surface area contributed by atoms with Crippen LogP contribution in [0.15, 0.2) is 0 Å². The summed E-state index contributed by atoms with van der Waals surface area (Å²) < 4.78 is 0. The van der Waals surface area contributed by atoms with Crippen LogP contribution >= 0.6 is 0 Å². The van der Waals surface area contributed by atoms with Gasteiger partial charge in [0.15, 0.2) is 0 Å². The topological polar surface area (TPSA) is 0 Å². The van der Waals surface area contributed by atoms with Crippen molar-refractivity contribution in [1.29, 1.82) is 0 Å². The second-order valence-corrected chi connectivity index (χ2v) is 0. The molecule has 0 rings (SSSR count). The molecule has 0 nitrogen and oxygen atoms in total. The maximum absolute atomic E-state index is 0. The maximum Gasteiger partial charge on any atom is 0 e. The van der Waals surface area contributed by atoms with Crippen LogP contribution in [0.4, 0.5) is 0 Å². The Bertz CT molecular complexity index is 9.65. The van der Waals surface area contributed by atoms with Gasteiger partial charge < -0.3 is 0 Å². The number of hydrogen-bond acceptors (Lipinski definition) is 0. The molecule has 0 aliphatic rings. The first kappa shape index (κ1) is 51.9. The molecule has 0 aromatic rings. The van der Waals surface area contributed by atoms with Crippen LogP contribution in [0, 0.1) is 0 Å². The molecule has 0 saturated carbocycles. The summed E-state index contributed by atoms with van der Waals surface area (Å²) in [5, 5.41) is 0. The van der Waals surface area contributed by atoms with Crippen LogP contribution in [-0.2, 0) is 84.3 Å². The summed E-state index contributed by atoms with van der Waals surface area (Å²) in [6.07, 6.45) is 0. The van der Waals surface area contributed by atoms with E-state index in [1.807, 2.05) is 0 Å². The van der Waals surface area contributed by atoms with Crippen molar-refractivity contribution < 1.29 is 84.3 Å². The van der Waals surface area contributed by atoms with Crippen molar-refractivity contribution in [3.63, 3.8) is 0 Å². The summed E-state index contributed by atoms with van der Waals surface area (Å²) in [6, 6.07) is 0. The van der Waals surface area contributed by atoms with Gasteiger partial charge in [-0.05, 0) is 0 Å². The molecule has 0 aromatic carbocycles. The average Bonchev–Trinajstić information content (AvgIpc) is 0. The van der Waals surface area contributed by atoms with E-state index in [1.165, 1.54) is 0 Å². The third-order valence-corrected chi connectivity index (χ3v) is 0. The van der Waals surface area contributed by atoms with E-state index >= 15 is 0 Å². The second kappa shape index (κ2) is 40.3. The molecule has 0 aliphatic heterocycles. The fourth-order valence-corrected chi connectivity index (χ4v) is 0. The van der Waals surface area contributed by atoms with E-state index in [-0.39, 0.29) is 194 Å². The van der Waals surface area contributed by atoms with Crippen LogP contribution in [0.2, 0.25) is 0 Å². The van der Waals surface area contributed by atoms with E-state index in [1.54, 1.807) is 0 Å². The Kier molecular flexibility index (Phi) is 298. The fourth-order valence-electron chi connectivity index (χ4n) is 0. The van der Waals surface area contributed by atoms with Crippen LogP contribution in [-0.4, -0.2) is 103 Å². The van der Waals surface area contributed by atoms with E-state index in [0.29, 0.717) is 0 Å². The summed E-state index contributed by atoms with van der Waals surface area (Å²) in [5.74, 6) is 0. The van der Waals surface area contributed by atoms with Crippen LogP contribution in [0.25, 0.3) is 0 Å².